The Morgan fingerprint density at radius 3 is 3.00 bits per heavy atom. The lowest BCUT2D eigenvalue weighted by Crippen LogP contribution is -1.83. The summed E-state index contributed by atoms with van der Waals surface area (Å²) in [6, 6.07) is 6.14. The van der Waals surface area contributed by atoms with Crippen molar-refractivity contribution in [2.45, 2.75) is 9.24 Å². The van der Waals surface area contributed by atoms with Crippen LogP contribution in [0.25, 0.3) is 0 Å². The molecule has 0 saturated heterocycles. The van der Waals surface area contributed by atoms with Crippen LogP contribution in [0.5, 0.6) is 0 Å². The van der Waals surface area contributed by atoms with Crippen LogP contribution < -0.4 is 0 Å². The molecular weight excluding hydrogens is 231 g/mol. The van der Waals surface area contributed by atoms with Crippen molar-refractivity contribution in [2.75, 3.05) is 0 Å². The zero-order valence-corrected chi connectivity index (χ0v) is 9.11. The van der Waals surface area contributed by atoms with E-state index in [4.69, 9.17) is 5.26 Å². The number of nitrogens with zero attached hydrogens (tertiary/aromatic N) is 2. The lowest BCUT2D eigenvalue weighted by atomic mass is 10.2. The Morgan fingerprint density at radius 1 is 1.47 bits per heavy atom. The number of hydrogen-bond acceptors (Lipinski definition) is 4. The van der Waals surface area contributed by atoms with Gasteiger partial charge in [0.15, 0.2) is 4.34 Å². The molecule has 1 aromatic carbocycles. The van der Waals surface area contributed by atoms with Gasteiger partial charge in [0.05, 0.1) is 5.56 Å². The van der Waals surface area contributed by atoms with E-state index < -0.39 is 5.82 Å². The van der Waals surface area contributed by atoms with Gasteiger partial charge in [0.2, 0.25) is 0 Å². The van der Waals surface area contributed by atoms with Gasteiger partial charge in [-0.2, -0.15) is 5.26 Å². The molecule has 1 heterocycles. The topological polar surface area (TPSA) is 36.7 Å². The standard InChI is InChI=1S/C10H5FN2S2/c11-8-1-2-9(7(5-8)6-12)15-10-13-3-4-14-10/h1-5H. The Morgan fingerprint density at radius 2 is 2.33 bits per heavy atom. The van der Waals surface area contributed by atoms with Crippen LogP contribution >= 0.6 is 23.1 Å². The van der Waals surface area contributed by atoms with Crippen molar-refractivity contribution >= 4 is 23.1 Å². The third-order valence-electron chi connectivity index (χ3n) is 1.67. The molecule has 0 fully saturated rings. The highest BCUT2D eigenvalue weighted by Gasteiger charge is 2.06. The average molecular weight is 236 g/mol. The molecule has 1 aromatic heterocycles. The molecule has 0 aliphatic rings. The number of aromatic nitrogens is 1. The summed E-state index contributed by atoms with van der Waals surface area (Å²) in [7, 11) is 0. The van der Waals surface area contributed by atoms with Crippen molar-refractivity contribution in [3.63, 3.8) is 0 Å². The highest BCUT2D eigenvalue weighted by Crippen LogP contribution is 2.31. The van der Waals surface area contributed by atoms with Crippen LogP contribution in [-0.2, 0) is 0 Å². The van der Waals surface area contributed by atoms with Gasteiger partial charge in [-0.05, 0) is 18.2 Å². The highest BCUT2D eigenvalue weighted by molar-refractivity contribution is 8.01. The zero-order valence-electron chi connectivity index (χ0n) is 7.48. The first-order valence-electron chi connectivity index (χ1n) is 4.06. The van der Waals surface area contributed by atoms with Crippen LogP contribution in [0.1, 0.15) is 5.56 Å². The third-order valence-corrected chi connectivity index (χ3v) is 3.63. The van der Waals surface area contributed by atoms with Gasteiger partial charge in [0.25, 0.3) is 0 Å². The van der Waals surface area contributed by atoms with Gasteiger partial charge in [-0.25, -0.2) is 9.37 Å². The van der Waals surface area contributed by atoms with E-state index in [2.05, 4.69) is 4.98 Å². The van der Waals surface area contributed by atoms with E-state index in [9.17, 15) is 4.39 Å². The third kappa shape index (κ3) is 2.35. The van der Waals surface area contributed by atoms with E-state index in [0.29, 0.717) is 5.56 Å². The Balaban J connectivity index is 2.33. The van der Waals surface area contributed by atoms with Crippen molar-refractivity contribution < 1.29 is 4.39 Å². The molecule has 0 spiro atoms. The maximum absolute atomic E-state index is 12.8. The van der Waals surface area contributed by atoms with Gasteiger partial charge < -0.3 is 0 Å². The summed E-state index contributed by atoms with van der Waals surface area (Å²) in [5.41, 5.74) is 0.343. The second-order valence-corrected chi connectivity index (χ2v) is 4.84. The van der Waals surface area contributed by atoms with Gasteiger partial charge in [-0.1, -0.05) is 11.8 Å². The van der Waals surface area contributed by atoms with Gasteiger partial charge in [-0.15, -0.1) is 11.3 Å². The molecule has 0 bridgehead atoms. The summed E-state index contributed by atoms with van der Waals surface area (Å²) < 4.78 is 13.7. The minimum Gasteiger partial charge on any atom is -0.238 e. The Labute approximate surface area is 94.4 Å². The molecule has 0 saturated carbocycles. The summed E-state index contributed by atoms with van der Waals surface area (Å²) >= 11 is 2.86. The van der Waals surface area contributed by atoms with Crippen LogP contribution in [0, 0.1) is 17.1 Å². The number of benzene rings is 1. The molecule has 2 rings (SSSR count). The highest BCUT2D eigenvalue weighted by atomic mass is 32.2. The molecule has 2 aromatic rings. The number of thiazole rings is 1. The molecule has 5 heteroatoms. The molecule has 0 radical (unpaired) electrons. The fourth-order valence-electron chi connectivity index (χ4n) is 1.03. The van der Waals surface area contributed by atoms with Crippen molar-refractivity contribution in [3.8, 4) is 6.07 Å². The smallest absolute Gasteiger partial charge is 0.154 e. The first kappa shape index (κ1) is 10.1. The second kappa shape index (κ2) is 4.43. The summed E-state index contributed by atoms with van der Waals surface area (Å²) in [5, 5.41) is 10.7. The molecule has 0 aliphatic heterocycles. The fraction of sp³-hybridized carbons (Fsp3) is 0. The summed E-state index contributed by atoms with van der Waals surface area (Å²) in [5.74, 6) is -0.393. The Kier molecular flexibility index (Phi) is 2.99. The minimum atomic E-state index is -0.393. The maximum atomic E-state index is 12.8. The van der Waals surface area contributed by atoms with Crippen molar-refractivity contribution in [1.82, 2.24) is 4.98 Å². The predicted octanol–water partition coefficient (Wildman–Crippen LogP) is 3.31. The Bertz CT molecular complexity index is 503. The molecule has 0 unspecified atom stereocenters. The van der Waals surface area contributed by atoms with E-state index in [1.54, 1.807) is 12.3 Å². The first-order valence-corrected chi connectivity index (χ1v) is 5.76. The van der Waals surface area contributed by atoms with Crippen LogP contribution in [-0.4, -0.2) is 4.98 Å². The summed E-state index contributed by atoms with van der Waals surface area (Å²) in [6.07, 6.45) is 1.70. The quantitative estimate of drug-likeness (QED) is 0.802. The molecule has 2 nitrogen and oxygen atoms in total. The second-order valence-electron chi connectivity index (χ2n) is 2.65. The fourth-order valence-corrected chi connectivity index (χ4v) is 2.67. The van der Waals surface area contributed by atoms with Gasteiger partial charge in [0.1, 0.15) is 11.9 Å². The van der Waals surface area contributed by atoms with Crippen molar-refractivity contribution in [1.29, 1.82) is 5.26 Å². The van der Waals surface area contributed by atoms with Gasteiger partial charge in [-0.3, -0.25) is 0 Å². The van der Waals surface area contributed by atoms with E-state index >= 15 is 0 Å². The van der Waals surface area contributed by atoms with E-state index in [-0.39, 0.29) is 0 Å². The molecule has 0 atom stereocenters. The molecular formula is C10H5FN2S2. The van der Waals surface area contributed by atoms with Crippen molar-refractivity contribution in [3.05, 3.63) is 41.2 Å². The van der Waals surface area contributed by atoms with E-state index in [1.807, 2.05) is 11.4 Å². The largest absolute Gasteiger partial charge is 0.238 e. The van der Waals surface area contributed by atoms with E-state index in [0.717, 1.165) is 9.24 Å². The molecule has 15 heavy (non-hydrogen) atoms. The van der Waals surface area contributed by atoms with Crippen LogP contribution in [0.4, 0.5) is 4.39 Å². The normalized spacial score (nSPS) is 9.87. The summed E-state index contributed by atoms with van der Waals surface area (Å²) in [6.45, 7) is 0. The molecule has 0 amide bonds. The molecule has 0 aliphatic carbocycles. The maximum Gasteiger partial charge on any atom is 0.154 e. The lowest BCUT2D eigenvalue weighted by molar-refractivity contribution is 0.626. The van der Waals surface area contributed by atoms with Crippen molar-refractivity contribution in [2.24, 2.45) is 0 Å². The zero-order chi connectivity index (χ0) is 10.7. The van der Waals surface area contributed by atoms with Crippen LogP contribution in [0.3, 0.4) is 0 Å². The van der Waals surface area contributed by atoms with Gasteiger partial charge in [0, 0.05) is 16.5 Å². The van der Waals surface area contributed by atoms with E-state index in [1.165, 1.54) is 35.2 Å². The SMILES string of the molecule is N#Cc1cc(F)ccc1Sc1nccs1. The number of hydrogen-bond donors (Lipinski definition) is 0. The molecule has 74 valence electrons. The lowest BCUT2D eigenvalue weighted by Gasteiger charge is -2.00. The molecule has 0 N–H and O–H groups in total. The number of nitriles is 1. The predicted molar refractivity (Wildman–Crippen MR) is 57.4 cm³/mol. The van der Waals surface area contributed by atoms with Crippen LogP contribution in [0.15, 0.2) is 39.0 Å². The summed E-state index contributed by atoms with van der Waals surface area (Å²) in [4.78, 5) is 4.82. The number of halogens is 1. The average Bonchev–Trinajstić information content (AvgIpc) is 2.73. The Hall–Kier alpha value is -1.38. The number of rotatable bonds is 2. The first-order chi connectivity index (χ1) is 7.29. The van der Waals surface area contributed by atoms with Gasteiger partial charge >= 0.3 is 0 Å². The minimum absolute atomic E-state index is 0.343. The monoisotopic (exact) mass is 236 g/mol. The van der Waals surface area contributed by atoms with Crippen LogP contribution in [0.2, 0.25) is 0 Å².